The van der Waals surface area contributed by atoms with Gasteiger partial charge in [0.2, 0.25) is 0 Å². The zero-order chi connectivity index (χ0) is 12.5. The first-order valence-electron chi connectivity index (χ1n) is 5.74. The summed E-state index contributed by atoms with van der Waals surface area (Å²) >= 11 is 1.36. The average molecular weight is 275 g/mol. The van der Waals surface area contributed by atoms with Crippen molar-refractivity contribution in [1.82, 2.24) is 4.31 Å². The Kier molecular flexibility index (Phi) is 3.87. The van der Waals surface area contributed by atoms with Crippen LogP contribution in [0.25, 0.3) is 0 Å². The Bertz CT molecular complexity index is 481. The molecule has 2 rings (SSSR count). The van der Waals surface area contributed by atoms with E-state index in [1.165, 1.54) is 15.6 Å². The highest BCUT2D eigenvalue weighted by atomic mass is 32.2. The topological polar surface area (TPSA) is 46.6 Å². The van der Waals surface area contributed by atoms with Gasteiger partial charge in [-0.25, -0.2) is 8.42 Å². The lowest BCUT2D eigenvalue weighted by Crippen LogP contribution is -2.44. The predicted molar refractivity (Wildman–Crippen MR) is 67.9 cm³/mol. The third-order valence-corrected chi connectivity index (χ3v) is 6.35. The van der Waals surface area contributed by atoms with E-state index >= 15 is 0 Å². The molecule has 2 heterocycles. The summed E-state index contributed by atoms with van der Waals surface area (Å²) in [5.74, 6) is 0. The van der Waals surface area contributed by atoms with Crippen LogP contribution in [0.1, 0.15) is 18.7 Å². The van der Waals surface area contributed by atoms with E-state index in [4.69, 9.17) is 4.74 Å². The van der Waals surface area contributed by atoms with E-state index in [9.17, 15) is 8.42 Å². The van der Waals surface area contributed by atoms with Crippen molar-refractivity contribution in [2.24, 2.45) is 0 Å². The highest BCUT2D eigenvalue weighted by Crippen LogP contribution is 2.26. The molecular formula is C11H17NO3S2. The Labute approximate surface area is 106 Å². The van der Waals surface area contributed by atoms with Crippen LogP contribution in [0.2, 0.25) is 0 Å². The van der Waals surface area contributed by atoms with Gasteiger partial charge in [0.05, 0.1) is 12.7 Å². The molecule has 0 aliphatic carbocycles. The van der Waals surface area contributed by atoms with Crippen LogP contribution in [0.4, 0.5) is 0 Å². The van der Waals surface area contributed by atoms with E-state index in [0.29, 0.717) is 23.9 Å². The van der Waals surface area contributed by atoms with Crippen LogP contribution in [0, 0.1) is 0 Å². The Morgan fingerprint density at radius 2 is 2.29 bits per heavy atom. The molecule has 1 aliphatic rings. The lowest BCUT2D eigenvalue weighted by molar-refractivity contribution is 0.0102. The van der Waals surface area contributed by atoms with Crippen LogP contribution in [0.3, 0.4) is 0 Å². The van der Waals surface area contributed by atoms with Crippen molar-refractivity contribution in [3.63, 3.8) is 0 Å². The van der Waals surface area contributed by atoms with Gasteiger partial charge in [0.1, 0.15) is 4.21 Å². The molecule has 1 fully saturated rings. The highest BCUT2D eigenvalue weighted by molar-refractivity contribution is 7.91. The summed E-state index contributed by atoms with van der Waals surface area (Å²) in [7, 11) is -3.31. The van der Waals surface area contributed by atoms with Gasteiger partial charge in [-0.2, -0.15) is 4.31 Å². The minimum absolute atomic E-state index is 0.0240. The molecule has 0 saturated carbocycles. The second kappa shape index (κ2) is 5.06. The lowest BCUT2D eigenvalue weighted by atomic mass is 10.3. The van der Waals surface area contributed by atoms with Crippen molar-refractivity contribution < 1.29 is 13.2 Å². The Morgan fingerprint density at radius 3 is 2.88 bits per heavy atom. The molecule has 0 N–H and O–H groups in total. The number of thiophene rings is 1. The summed E-state index contributed by atoms with van der Waals surface area (Å²) < 4.78 is 32.0. The van der Waals surface area contributed by atoms with Crippen LogP contribution in [0.15, 0.2) is 16.3 Å². The van der Waals surface area contributed by atoms with Gasteiger partial charge in [-0.3, -0.25) is 0 Å². The van der Waals surface area contributed by atoms with Gasteiger partial charge in [-0.1, -0.05) is 6.92 Å². The quantitative estimate of drug-likeness (QED) is 0.844. The van der Waals surface area contributed by atoms with Gasteiger partial charge >= 0.3 is 0 Å². The predicted octanol–water partition coefficient (Wildman–Crippen LogP) is 1.72. The number of hydrogen-bond acceptors (Lipinski definition) is 4. The number of morpholine rings is 1. The largest absolute Gasteiger partial charge is 0.376 e. The van der Waals surface area contributed by atoms with E-state index < -0.39 is 10.0 Å². The summed E-state index contributed by atoms with van der Waals surface area (Å²) in [4.78, 5) is 1.10. The molecule has 4 nitrogen and oxygen atoms in total. The third kappa shape index (κ3) is 2.70. The van der Waals surface area contributed by atoms with Crippen LogP contribution in [0.5, 0.6) is 0 Å². The molecule has 1 aliphatic heterocycles. The van der Waals surface area contributed by atoms with Crippen molar-refractivity contribution in [3.8, 4) is 0 Å². The number of aryl methyl sites for hydroxylation is 1. The smallest absolute Gasteiger partial charge is 0.252 e. The first-order valence-corrected chi connectivity index (χ1v) is 8.00. The van der Waals surface area contributed by atoms with Gasteiger partial charge in [0.15, 0.2) is 0 Å². The molecule has 1 aromatic rings. The van der Waals surface area contributed by atoms with Gasteiger partial charge in [-0.05, 0) is 25.5 Å². The normalized spacial score (nSPS) is 22.8. The second-order valence-corrected chi connectivity index (χ2v) is 7.45. The fourth-order valence-corrected chi connectivity index (χ4v) is 4.77. The first-order chi connectivity index (χ1) is 8.04. The third-order valence-electron chi connectivity index (χ3n) is 2.78. The number of rotatable bonds is 3. The summed E-state index contributed by atoms with van der Waals surface area (Å²) in [5, 5.41) is 0. The molecule has 96 valence electrons. The molecule has 0 aromatic carbocycles. The van der Waals surface area contributed by atoms with Crippen LogP contribution < -0.4 is 0 Å². The summed E-state index contributed by atoms with van der Waals surface area (Å²) in [5.41, 5.74) is 0. The molecule has 17 heavy (non-hydrogen) atoms. The maximum Gasteiger partial charge on any atom is 0.252 e. The van der Waals surface area contributed by atoms with E-state index in [2.05, 4.69) is 0 Å². The average Bonchev–Trinajstić information content (AvgIpc) is 2.78. The molecule has 1 atom stereocenters. The van der Waals surface area contributed by atoms with E-state index in [0.717, 1.165) is 11.3 Å². The maximum atomic E-state index is 12.3. The number of nitrogens with zero attached hydrogens (tertiary/aromatic N) is 1. The van der Waals surface area contributed by atoms with Crippen molar-refractivity contribution in [2.45, 2.75) is 30.6 Å². The maximum absolute atomic E-state index is 12.3. The minimum atomic E-state index is -3.31. The van der Waals surface area contributed by atoms with Gasteiger partial charge in [-0.15, -0.1) is 11.3 Å². The Morgan fingerprint density at radius 1 is 1.53 bits per heavy atom. The second-order valence-electron chi connectivity index (χ2n) is 4.12. The Hall–Kier alpha value is -0.430. The molecule has 0 amide bonds. The fourth-order valence-electron chi connectivity index (χ4n) is 1.82. The number of hydrogen-bond donors (Lipinski definition) is 0. The summed E-state index contributed by atoms with van der Waals surface area (Å²) in [6.45, 7) is 5.30. The van der Waals surface area contributed by atoms with E-state index in [1.54, 1.807) is 6.07 Å². The summed E-state index contributed by atoms with van der Waals surface area (Å²) in [6.07, 6.45) is 0.851. The van der Waals surface area contributed by atoms with Crippen LogP contribution in [-0.4, -0.2) is 38.5 Å². The molecule has 0 bridgehead atoms. The lowest BCUT2D eigenvalue weighted by Gasteiger charge is -2.29. The van der Waals surface area contributed by atoms with Crippen molar-refractivity contribution in [3.05, 3.63) is 17.0 Å². The minimum Gasteiger partial charge on any atom is -0.376 e. The zero-order valence-electron chi connectivity index (χ0n) is 10.0. The van der Waals surface area contributed by atoms with E-state index in [-0.39, 0.29) is 6.10 Å². The molecule has 0 unspecified atom stereocenters. The first kappa shape index (κ1) is 13.0. The SMILES string of the molecule is CCc1ccc(S(=O)(=O)N2CCO[C@@H](C)C2)s1. The van der Waals surface area contributed by atoms with Crippen LogP contribution >= 0.6 is 11.3 Å². The molecule has 6 heteroatoms. The van der Waals surface area contributed by atoms with Gasteiger partial charge in [0, 0.05) is 18.0 Å². The molecule has 0 radical (unpaired) electrons. The fraction of sp³-hybridized carbons (Fsp3) is 0.636. The summed E-state index contributed by atoms with van der Waals surface area (Å²) in [6, 6.07) is 3.60. The van der Waals surface area contributed by atoms with Crippen molar-refractivity contribution >= 4 is 21.4 Å². The van der Waals surface area contributed by atoms with Crippen LogP contribution in [-0.2, 0) is 21.2 Å². The molecular weight excluding hydrogens is 258 g/mol. The Balaban J connectivity index is 2.23. The number of sulfonamides is 1. The van der Waals surface area contributed by atoms with E-state index in [1.807, 2.05) is 19.9 Å². The highest BCUT2D eigenvalue weighted by Gasteiger charge is 2.30. The van der Waals surface area contributed by atoms with Crippen molar-refractivity contribution in [1.29, 1.82) is 0 Å². The van der Waals surface area contributed by atoms with Crippen molar-refractivity contribution in [2.75, 3.05) is 19.7 Å². The molecule has 0 spiro atoms. The van der Waals surface area contributed by atoms with Gasteiger partial charge in [0.25, 0.3) is 10.0 Å². The molecule has 1 aromatic heterocycles. The standard InChI is InChI=1S/C11H17NO3S2/c1-3-10-4-5-11(16-10)17(13,14)12-6-7-15-9(2)8-12/h4-5,9H,3,6-8H2,1-2H3/t9-/m0/s1. The molecule has 1 saturated heterocycles. The zero-order valence-corrected chi connectivity index (χ0v) is 11.7. The number of ether oxygens (including phenoxy) is 1. The van der Waals surface area contributed by atoms with Gasteiger partial charge < -0.3 is 4.74 Å². The monoisotopic (exact) mass is 275 g/mol.